The highest BCUT2D eigenvalue weighted by atomic mass is 16.7. The summed E-state index contributed by atoms with van der Waals surface area (Å²) in [5.41, 5.74) is 1.97. The van der Waals surface area contributed by atoms with Gasteiger partial charge in [-0.15, -0.1) is 0 Å². The smallest absolute Gasteiger partial charge is 0.246 e. The van der Waals surface area contributed by atoms with Gasteiger partial charge in [-0.25, -0.2) is 0 Å². The Bertz CT molecular complexity index is 1060. The molecule has 4 rings (SSSR count). The first-order valence-electron chi connectivity index (χ1n) is 9.02. The summed E-state index contributed by atoms with van der Waals surface area (Å²) in [6.07, 6.45) is 3.36. The topological polar surface area (TPSA) is 48.0 Å². The highest BCUT2D eigenvalue weighted by Crippen LogP contribution is 2.32. The zero-order valence-corrected chi connectivity index (χ0v) is 15.8. The molecule has 0 bridgehead atoms. The van der Waals surface area contributed by atoms with Gasteiger partial charge < -0.3 is 19.1 Å². The fourth-order valence-electron chi connectivity index (χ4n) is 3.16. The van der Waals surface area contributed by atoms with E-state index in [-0.39, 0.29) is 12.7 Å². The molecule has 28 heavy (non-hydrogen) atoms. The SMILES string of the molecule is COc1ccc2cc(CN(C)C(=O)/C=C/c3ccc4c(c3)OCO4)ccc2c1. The minimum Gasteiger partial charge on any atom is -0.497 e. The Balaban J connectivity index is 1.43. The molecule has 142 valence electrons. The first kappa shape index (κ1) is 17.9. The molecule has 5 heteroatoms. The molecule has 5 nitrogen and oxygen atoms in total. The van der Waals surface area contributed by atoms with Crippen LogP contribution in [0.15, 0.2) is 60.7 Å². The second kappa shape index (κ2) is 7.64. The summed E-state index contributed by atoms with van der Waals surface area (Å²) in [4.78, 5) is 14.2. The molecular weight excluding hydrogens is 354 g/mol. The minimum atomic E-state index is -0.0625. The van der Waals surface area contributed by atoms with E-state index in [1.165, 1.54) is 0 Å². The van der Waals surface area contributed by atoms with Crippen molar-refractivity contribution in [2.45, 2.75) is 6.54 Å². The number of methoxy groups -OCH3 is 1. The largest absolute Gasteiger partial charge is 0.497 e. The summed E-state index contributed by atoms with van der Waals surface area (Å²) in [7, 11) is 3.46. The van der Waals surface area contributed by atoms with Gasteiger partial charge in [0.2, 0.25) is 12.7 Å². The van der Waals surface area contributed by atoms with Crippen molar-refractivity contribution in [1.82, 2.24) is 4.90 Å². The third kappa shape index (κ3) is 3.78. The van der Waals surface area contributed by atoms with Gasteiger partial charge in [-0.3, -0.25) is 4.79 Å². The molecule has 0 saturated heterocycles. The summed E-state index contributed by atoms with van der Waals surface area (Å²) in [5, 5.41) is 2.23. The van der Waals surface area contributed by atoms with Gasteiger partial charge in [0.25, 0.3) is 0 Å². The van der Waals surface area contributed by atoms with Crippen molar-refractivity contribution < 1.29 is 19.0 Å². The van der Waals surface area contributed by atoms with Gasteiger partial charge in [-0.05, 0) is 58.3 Å². The number of rotatable bonds is 5. The third-order valence-electron chi connectivity index (χ3n) is 4.72. The van der Waals surface area contributed by atoms with Gasteiger partial charge in [0, 0.05) is 19.7 Å². The van der Waals surface area contributed by atoms with Gasteiger partial charge >= 0.3 is 0 Å². The lowest BCUT2D eigenvalue weighted by atomic mass is 10.1. The maximum Gasteiger partial charge on any atom is 0.246 e. The molecule has 3 aromatic carbocycles. The standard InChI is InChI=1S/C23H21NO4/c1-24(14-17-3-6-19-13-20(26-2)8-7-18(19)11-17)23(25)10-5-16-4-9-21-22(12-16)28-15-27-21/h3-13H,14-15H2,1-2H3/b10-5+. The van der Waals surface area contributed by atoms with Crippen LogP contribution in [0.4, 0.5) is 0 Å². The average Bonchev–Trinajstić information content (AvgIpc) is 3.19. The summed E-state index contributed by atoms with van der Waals surface area (Å²) in [5.74, 6) is 2.21. The van der Waals surface area contributed by atoms with Crippen molar-refractivity contribution in [2.75, 3.05) is 21.0 Å². The quantitative estimate of drug-likeness (QED) is 0.626. The highest BCUT2D eigenvalue weighted by molar-refractivity contribution is 5.92. The predicted octanol–water partition coefficient (Wildman–Crippen LogP) is 4.25. The van der Waals surface area contributed by atoms with E-state index in [1.54, 1.807) is 31.2 Å². The van der Waals surface area contributed by atoms with Crippen molar-refractivity contribution in [1.29, 1.82) is 0 Å². The molecule has 1 aliphatic rings. The number of likely N-dealkylation sites (N-methyl/N-ethyl adjacent to an activating group) is 1. The first-order chi connectivity index (χ1) is 13.6. The molecule has 0 fully saturated rings. The van der Waals surface area contributed by atoms with Crippen LogP contribution in [-0.4, -0.2) is 31.8 Å². The normalized spacial score (nSPS) is 12.5. The molecule has 0 aromatic heterocycles. The fraction of sp³-hybridized carbons (Fsp3) is 0.174. The fourth-order valence-corrected chi connectivity index (χ4v) is 3.16. The molecule has 1 heterocycles. The van der Waals surface area contributed by atoms with Crippen LogP contribution >= 0.6 is 0 Å². The molecule has 0 spiro atoms. The van der Waals surface area contributed by atoms with Gasteiger partial charge in [0.15, 0.2) is 11.5 Å². The van der Waals surface area contributed by atoms with E-state index in [9.17, 15) is 4.79 Å². The van der Waals surface area contributed by atoms with Crippen LogP contribution in [0.3, 0.4) is 0 Å². The lowest BCUT2D eigenvalue weighted by Gasteiger charge is -2.16. The number of benzene rings is 3. The maximum atomic E-state index is 12.5. The second-order valence-electron chi connectivity index (χ2n) is 6.69. The zero-order valence-electron chi connectivity index (χ0n) is 15.8. The van der Waals surface area contributed by atoms with Crippen LogP contribution in [0.1, 0.15) is 11.1 Å². The Morgan fingerprint density at radius 1 is 1.04 bits per heavy atom. The van der Waals surface area contributed by atoms with Crippen LogP contribution in [0.2, 0.25) is 0 Å². The Hall–Kier alpha value is -3.47. The van der Waals surface area contributed by atoms with Crippen molar-refractivity contribution in [3.63, 3.8) is 0 Å². The van der Waals surface area contributed by atoms with Crippen LogP contribution in [0.5, 0.6) is 17.2 Å². The molecular formula is C23H21NO4. The lowest BCUT2D eigenvalue weighted by Crippen LogP contribution is -2.24. The number of hydrogen-bond acceptors (Lipinski definition) is 4. The predicted molar refractivity (Wildman–Crippen MR) is 109 cm³/mol. The molecule has 1 aliphatic heterocycles. The average molecular weight is 375 g/mol. The molecule has 0 unspecified atom stereocenters. The van der Waals surface area contributed by atoms with Crippen LogP contribution in [0.25, 0.3) is 16.8 Å². The molecule has 0 N–H and O–H groups in total. The first-order valence-corrected chi connectivity index (χ1v) is 9.02. The van der Waals surface area contributed by atoms with E-state index in [0.717, 1.165) is 33.4 Å². The molecule has 3 aromatic rings. The van der Waals surface area contributed by atoms with E-state index < -0.39 is 0 Å². The second-order valence-corrected chi connectivity index (χ2v) is 6.69. The van der Waals surface area contributed by atoms with Crippen LogP contribution in [-0.2, 0) is 11.3 Å². The molecule has 0 radical (unpaired) electrons. The van der Waals surface area contributed by atoms with Crippen molar-refractivity contribution in [3.8, 4) is 17.2 Å². The monoisotopic (exact) mass is 375 g/mol. The summed E-state index contributed by atoms with van der Waals surface area (Å²) < 4.78 is 15.9. The van der Waals surface area contributed by atoms with E-state index >= 15 is 0 Å². The van der Waals surface area contributed by atoms with E-state index in [0.29, 0.717) is 12.3 Å². The van der Waals surface area contributed by atoms with Crippen molar-refractivity contribution in [3.05, 3.63) is 71.8 Å². The summed E-state index contributed by atoms with van der Waals surface area (Å²) >= 11 is 0. The Kier molecular flexibility index (Phi) is 4.89. The van der Waals surface area contributed by atoms with Crippen molar-refractivity contribution in [2.24, 2.45) is 0 Å². The third-order valence-corrected chi connectivity index (χ3v) is 4.72. The minimum absolute atomic E-state index is 0.0625. The number of carbonyl (C=O) groups excluding carboxylic acids is 1. The number of ether oxygens (including phenoxy) is 3. The highest BCUT2D eigenvalue weighted by Gasteiger charge is 2.12. The number of carbonyl (C=O) groups is 1. The van der Waals surface area contributed by atoms with Crippen LogP contribution in [0, 0.1) is 0 Å². The number of hydrogen-bond donors (Lipinski definition) is 0. The Labute approximate surface area is 163 Å². The van der Waals surface area contributed by atoms with E-state index in [2.05, 4.69) is 6.07 Å². The number of nitrogens with zero attached hydrogens (tertiary/aromatic N) is 1. The number of fused-ring (bicyclic) bond motifs is 2. The Morgan fingerprint density at radius 2 is 1.82 bits per heavy atom. The lowest BCUT2D eigenvalue weighted by molar-refractivity contribution is -0.125. The van der Waals surface area contributed by atoms with Gasteiger partial charge in [0.05, 0.1) is 7.11 Å². The Morgan fingerprint density at radius 3 is 2.68 bits per heavy atom. The summed E-state index contributed by atoms with van der Waals surface area (Å²) in [6, 6.07) is 17.8. The van der Waals surface area contributed by atoms with E-state index in [1.807, 2.05) is 48.5 Å². The van der Waals surface area contributed by atoms with E-state index in [4.69, 9.17) is 14.2 Å². The van der Waals surface area contributed by atoms with Gasteiger partial charge in [0.1, 0.15) is 5.75 Å². The van der Waals surface area contributed by atoms with Gasteiger partial charge in [-0.1, -0.05) is 24.3 Å². The maximum absolute atomic E-state index is 12.5. The number of amides is 1. The summed E-state index contributed by atoms with van der Waals surface area (Å²) in [6.45, 7) is 0.773. The molecule has 1 amide bonds. The molecule has 0 atom stereocenters. The van der Waals surface area contributed by atoms with Crippen LogP contribution < -0.4 is 14.2 Å². The molecule has 0 saturated carbocycles. The molecule has 0 aliphatic carbocycles. The zero-order chi connectivity index (χ0) is 19.5. The van der Waals surface area contributed by atoms with Crippen molar-refractivity contribution >= 4 is 22.8 Å². The van der Waals surface area contributed by atoms with Gasteiger partial charge in [-0.2, -0.15) is 0 Å².